The van der Waals surface area contributed by atoms with Crippen LogP contribution in [0.2, 0.25) is 5.02 Å². The number of carbonyl (C=O) groups is 1. The second-order valence-corrected chi connectivity index (χ2v) is 4.69. The molecule has 16 heavy (non-hydrogen) atoms. The maximum Gasteiger partial charge on any atom is 0.160 e. The molecule has 1 aromatic heterocycles. The molecule has 2 aromatic rings. The lowest BCUT2D eigenvalue weighted by atomic mass is 10.2. The molecule has 0 amide bonds. The highest BCUT2D eigenvalue weighted by Crippen LogP contribution is 2.31. The highest BCUT2D eigenvalue weighted by atomic mass is 35.5. The molecule has 0 aliphatic rings. The standard InChI is InChI=1S/C12H9ClO2S/c1-8-2-3-12(11(13)4-8)15-9-5-10(6-14)16-7-9/h2-7H,1H3. The molecular weight excluding hydrogens is 244 g/mol. The van der Waals surface area contributed by atoms with Gasteiger partial charge in [-0.25, -0.2) is 0 Å². The van der Waals surface area contributed by atoms with Crippen LogP contribution in [0.4, 0.5) is 0 Å². The zero-order chi connectivity index (χ0) is 11.5. The number of halogens is 1. The lowest BCUT2D eigenvalue weighted by Gasteiger charge is -2.05. The van der Waals surface area contributed by atoms with Crippen molar-refractivity contribution in [2.45, 2.75) is 6.92 Å². The van der Waals surface area contributed by atoms with E-state index in [0.29, 0.717) is 21.4 Å². The minimum absolute atomic E-state index is 0.568. The maximum atomic E-state index is 10.5. The SMILES string of the molecule is Cc1ccc(Oc2csc(C=O)c2)c(Cl)c1. The van der Waals surface area contributed by atoms with Gasteiger partial charge in [-0.05, 0) is 24.6 Å². The summed E-state index contributed by atoms with van der Waals surface area (Å²) in [7, 11) is 0. The maximum absolute atomic E-state index is 10.5. The first-order valence-electron chi connectivity index (χ1n) is 4.67. The Bertz CT molecular complexity index is 519. The van der Waals surface area contributed by atoms with Gasteiger partial charge in [-0.1, -0.05) is 17.7 Å². The summed E-state index contributed by atoms with van der Waals surface area (Å²) in [5.74, 6) is 1.24. The molecule has 0 saturated carbocycles. The molecule has 0 unspecified atom stereocenters. The molecule has 0 saturated heterocycles. The quantitative estimate of drug-likeness (QED) is 0.761. The van der Waals surface area contributed by atoms with Crippen LogP contribution in [-0.2, 0) is 0 Å². The van der Waals surface area contributed by atoms with Crippen LogP contribution in [-0.4, -0.2) is 6.29 Å². The zero-order valence-corrected chi connectivity index (χ0v) is 10.1. The topological polar surface area (TPSA) is 26.3 Å². The second-order valence-electron chi connectivity index (χ2n) is 3.34. The van der Waals surface area contributed by atoms with Gasteiger partial charge >= 0.3 is 0 Å². The Balaban J connectivity index is 2.23. The molecule has 1 aromatic carbocycles. The van der Waals surface area contributed by atoms with Crippen LogP contribution in [0.1, 0.15) is 15.2 Å². The molecule has 0 spiro atoms. The van der Waals surface area contributed by atoms with Crippen molar-refractivity contribution in [2.24, 2.45) is 0 Å². The normalized spacial score (nSPS) is 10.1. The van der Waals surface area contributed by atoms with E-state index in [4.69, 9.17) is 16.3 Å². The first-order valence-corrected chi connectivity index (χ1v) is 5.92. The van der Waals surface area contributed by atoms with Gasteiger partial charge in [0.05, 0.1) is 9.90 Å². The Labute approximate surface area is 102 Å². The van der Waals surface area contributed by atoms with E-state index in [1.54, 1.807) is 11.4 Å². The molecule has 0 aliphatic heterocycles. The third-order valence-corrected chi connectivity index (χ3v) is 3.16. The molecule has 0 fully saturated rings. The van der Waals surface area contributed by atoms with Gasteiger partial charge in [-0.3, -0.25) is 4.79 Å². The van der Waals surface area contributed by atoms with E-state index < -0.39 is 0 Å². The van der Waals surface area contributed by atoms with Crippen molar-refractivity contribution in [1.82, 2.24) is 0 Å². The summed E-state index contributed by atoms with van der Waals surface area (Å²) >= 11 is 7.37. The predicted octanol–water partition coefficient (Wildman–Crippen LogP) is 4.31. The Morgan fingerprint density at radius 3 is 2.81 bits per heavy atom. The van der Waals surface area contributed by atoms with Crippen molar-refractivity contribution in [3.8, 4) is 11.5 Å². The zero-order valence-electron chi connectivity index (χ0n) is 8.57. The van der Waals surface area contributed by atoms with E-state index in [0.717, 1.165) is 11.8 Å². The summed E-state index contributed by atoms with van der Waals surface area (Å²) in [6.07, 6.45) is 0.800. The summed E-state index contributed by atoms with van der Waals surface area (Å²) in [5, 5.41) is 2.35. The monoisotopic (exact) mass is 252 g/mol. The molecule has 1 heterocycles. The van der Waals surface area contributed by atoms with Crippen molar-refractivity contribution >= 4 is 29.2 Å². The summed E-state index contributed by atoms with van der Waals surface area (Å²) in [4.78, 5) is 11.1. The van der Waals surface area contributed by atoms with Crippen molar-refractivity contribution in [1.29, 1.82) is 0 Å². The van der Waals surface area contributed by atoms with Gasteiger partial charge in [0.15, 0.2) is 6.29 Å². The van der Waals surface area contributed by atoms with Gasteiger partial charge in [0.25, 0.3) is 0 Å². The van der Waals surface area contributed by atoms with E-state index >= 15 is 0 Å². The second kappa shape index (κ2) is 4.68. The average molecular weight is 253 g/mol. The molecule has 0 radical (unpaired) electrons. The van der Waals surface area contributed by atoms with Crippen molar-refractivity contribution in [3.63, 3.8) is 0 Å². The first-order chi connectivity index (χ1) is 7.69. The molecule has 0 atom stereocenters. The van der Waals surface area contributed by atoms with Gasteiger partial charge in [0, 0.05) is 11.4 Å². The Morgan fingerprint density at radius 2 is 2.19 bits per heavy atom. The molecule has 0 bridgehead atoms. The number of hydrogen-bond acceptors (Lipinski definition) is 3. The van der Waals surface area contributed by atoms with E-state index in [1.165, 1.54) is 11.3 Å². The fraction of sp³-hybridized carbons (Fsp3) is 0.0833. The number of benzene rings is 1. The van der Waals surface area contributed by atoms with Gasteiger partial charge < -0.3 is 4.74 Å². The van der Waals surface area contributed by atoms with Crippen LogP contribution in [0.15, 0.2) is 29.6 Å². The summed E-state index contributed by atoms with van der Waals surface area (Å²) in [6.45, 7) is 1.96. The van der Waals surface area contributed by atoms with Crippen LogP contribution in [0, 0.1) is 6.92 Å². The number of aldehydes is 1. The van der Waals surface area contributed by atoms with Gasteiger partial charge in [-0.2, -0.15) is 0 Å². The van der Waals surface area contributed by atoms with Gasteiger partial charge in [-0.15, -0.1) is 11.3 Å². The van der Waals surface area contributed by atoms with E-state index in [9.17, 15) is 4.79 Å². The van der Waals surface area contributed by atoms with E-state index in [-0.39, 0.29) is 0 Å². The van der Waals surface area contributed by atoms with Crippen LogP contribution in [0.3, 0.4) is 0 Å². The fourth-order valence-corrected chi connectivity index (χ4v) is 2.15. The fourth-order valence-electron chi connectivity index (χ4n) is 1.27. The van der Waals surface area contributed by atoms with Crippen LogP contribution in [0.5, 0.6) is 11.5 Å². The number of carbonyl (C=O) groups excluding carboxylic acids is 1. The molecule has 0 aliphatic carbocycles. The van der Waals surface area contributed by atoms with Crippen LogP contribution >= 0.6 is 22.9 Å². The third-order valence-electron chi connectivity index (χ3n) is 2.03. The Hall–Kier alpha value is -1.32. The molecule has 82 valence electrons. The third kappa shape index (κ3) is 2.43. The molecule has 0 N–H and O–H groups in total. The summed E-state index contributed by atoms with van der Waals surface area (Å²) in [6, 6.07) is 7.27. The summed E-state index contributed by atoms with van der Waals surface area (Å²) in [5.41, 5.74) is 1.08. The van der Waals surface area contributed by atoms with Crippen molar-refractivity contribution in [2.75, 3.05) is 0 Å². The minimum Gasteiger partial charge on any atom is -0.455 e. The van der Waals surface area contributed by atoms with E-state index in [2.05, 4.69) is 0 Å². The highest BCUT2D eigenvalue weighted by Gasteiger charge is 2.05. The largest absolute Gasteiger partial charge is 0.455 e. The molecule has 2 rings (SSSR count). The lowest BCUT2D eigenvalue weighted by Crippen LogP contribution is -1.84. The highest BCUT2D eigenvalue weighted by molar-refractivity contribution is 7.11. The Morgan fingerprint density at radius 1 is 1.38 bits per heavy atom. The van der Waals surface area contributed by atoms with Crippen LogP contribution in [0.25, 0.3) is 0 Å². The lowest BCUT2D eigenvalue weighted by molar-refractivity contribution is 0.112. The molecule has 4 heteroatoms. The van der Waals surface area contributed by atoms with Gasteiger partial charge in [0.2, 0.25) is 0 Å². The van der Waals surface area contributed by atoms with Crippen molar-refractivity contribution < 1.29 is 9.53 Å². The van der Waals surface area contributed by atoms with Crippen LogP contribution < -0.4 is 4.74 Å². The van der Waals surface area contributed by atoms with E-state index in [1.807, 2.05) is 25.1 Å². The summed E-state index contributed by atoms with van der Waals surface area (Å²) < 4.78 is 5.57. The average Bonchev–Trinajstić information content (AvgIpc) is 2.70. The number of hydrogen-bond donors (Lipinski definition) is 0. The predicted molar refractivity (Wildman–Crippen MR) is 66.0 cm³/mol. The number of thiophene rings is 1. The minimum atomic E-state index is 0.568. The molecule has 2 nitrogen and oxygen atoms in total. The number of ether oxygens (including phenoxy) is 1. The van der Waals surface area contributed by atoms with Crippen molar-refractivity contribution in [3.05, 3.63) is 45.1 Å². The smallest absolute Gasteiger partial charge is 0.160 e. The number of aryl methyl sites for hydroxylation is 1. The Kier molecular flexibility index (Phi) is 3.27. The molecular formula is C12H9ClO2S. The first kappa shape index (κ1) is 11.2. The van der Waals surface area contributed by atoms with Gasteiger partial charge in [0.1, 0.15) is 11.5 Å². The number of rotatable bonds is 3.